The highest BCUT2D eigenvalue weighted by Gasteiger charge is 2.29. The van der Waals surface area contributed by atoms with Crippen LogP contribution in [-0.4, -0.2) is 29.8 Å². The minimum absolute atomic E-state index is 0.164. The first kappa shape index (κ1) is 13.1. The predicted octanol–water partition coefficient (Wildman–Crippen LogP) is 3.02. The number of Topliss-reactive ketones (excluding diaryl/α,β-unsaturated/α-hetero) is 1. The van der Waals surface area contributed by atoms with Crippen LogP contribution in [0.4, 0.5) is 8.78 Å². The van der Waals surface area contributed by atoms with Crippen molar-refractivity contribution in [2.75, 3.05) is 7.05 Å². The summed E-state index contributed by atoms with van der Waals surface area (Å²) in [5.74, 6) is -2.06. The molecule has 1 saturated carbocycles. The Balaban J connectivity index is 2.11. The van der Waals surface area contributed by atoms with Gasteiger partial charge in [0.1, 0.15) is 0 Å². The van der Waals surface area contributed by atoms with Crippen molar-refractivity contribution in [3.63, 3.8) is 0 Å². The van der Waals surface area contributed by atoms with E-state index in [9.17, 15) is 13.6 Å². The van der Waals surface area contributed by atoms with Crippen molar-refractivity contribution in [2.45, 2.75) is 38.3 Å². The molecule has 1 unspecified atom stereocenters. The molecule has 4 heteroatoms. The number of likely N-dealkylation sites (N-methyl/N-ethyl adjacent to an activating group) is 1. The van der Waals surface area contributed by atoms with Gasteiger partial charge in [0.15, 0.2) is 17.4 Å². The van der Waals surface area contributed by atoms with Crippen LogP contribution in [0.1, 0.15) is 36.5 Å². The predicted molar refractivity (Wildman–Crippen MR) is 65.6 cm³/mol. The molecule has 0 heterocycles. The van der Waals surface area contributed by atoms with Crippen LogP contribution in [0.3, 0.4) is 0 Å². The first-order valence-electron chi connectivity index (χ1n) is 6.22. The van der Waals surface area contributed by atoms with Gasteiger partial charge in [-0.3, -0.25) is 9.69 Å². The van der Waals surface area contributed by atoms with Crippen LogP contribution in [0, 0.1) is 11.6 Å². The van der Waals surface area contributed by atoms with E-state index in [4.69, 9.17) is 0 Å². The summed E-state index contributed by atoms with van der Waals surface area (Å²) in [6, 6.07) is 3.45. The monoisotopic (exact) mass is 253 g/mol. The Kier molecular flexibility index (Phi) is 3.76. The summed E-state index contributed by atoms with van der Waals surface area (Å²) < 4.78 is 25.9. The van der Waals surface area contributed by atoms with E-state index in [1.165, 1.54) is 12.5 Å². The van der Waals surface area contributed by atoms with Crippen molar-refractivity contribution < 1.29 is 13.6 Å². The van der Waals surface area contributed by atoms with Crippen LogP contribution in [-0.2, 0) is 0 Å². The molecule has 0 N–H and O–H groups in total. The maximum absolute atomic E-state index is 13.1. The van der Waals surface area contributed by atoms with Crippen LogP contribution in [0.5, 0.6) is 0 Å². The van der Waals surface area contributed by atoms with Crippen LogP contribution < -0.4 is 0 Å². The Labute approximate surface area is 106 Å². The Hall–Kier alpha value is -1.29. The van der Waals surface area contributed by atoms with E-state index in [2.05, 4.69) is 0 Å². The molecule has 0 saturated heterocycles. The lowest BCUT2D eigenvalue weighted by Gasteiger charge is -2.38. The van der Waals surface area contributed by atoms with Crippen LogP contribution in [0.2, 0.25) is 0 Å². The van der Waals surface area contributed by atoms with Crippen molar-refractivity contribution in [1.29, 1.82) is 0 Å². The highest BCUT2D eigenvalue weighted by molar-refractivity contribution is 5.99. The Morgan fingerprint density at radius 2 is 2.00 bits per heavy atom. The van der Waals surface area contributed by atoms with Gasteiger partial charge in [-0.2, -0.15) is 0 Å². The minimum atomic E-state index is -0.973. The SMILES string of the molecule is CC(C(=O)c1ccc(F)c(F)c1)N(C)C1CCC1. The Morgan fingerprint density at radius 1 is 1.33 bits per heavy atom. The fourth-order valence-electron chi connectivity index (χ4n) is 2.19. The highest BCUT2D eigenvalue weighted by Crippen LogP contribution is 2.26. The molecule has 0 aliphatic heterocycles. The minimum Gasteiger partial charge on any atom is -0.294 e. The summed E-state index contributed by atoms with van der Waals surface area (Å²) in [6.07, 6.45) is 3.40. The largest absolute Gasteiger partial charge is 0.294 e. The third-order valence-corrected chi connectivity index (χ3v) is 3.85. The molecule has 1 aliphatic rings. The fourth-order valence-corrected chi connectivity index (χ4v) is 2.19. The van der Waals surface area contributed by atoms with Gasteiger partial charge in [-0.15, -0.1) is 0 Å². The fraction of sp³-hybridized carbons (Fsp3) is 0.500. The van der Waals surface area contributed by atoms with Gasteiger partial charge in [-0.25, -0.2) is 8.78 Å². The number of halogens is 2. The summed E-state index contributed by atoms with van der Waals surface area (Å²) >= 11 is 0. The molecule has 2 nitrogen and oxygen atoms in total. The molecule has 0 radical (unpaired) electrons. The summed E-state index contributed by atoms with van der Waals surface area (Å²) in [5.41, 5.74) is 0.229. The van der Waals surface area contributed by atoms with E-state index in [0.717, 1.165) is 25.0 Å². The van der Waals surface area contributed by atoms with E-state index in [1.807, 2.05) is 18.9 Å². The quantitative estimate of drug-likeness (QED) is 0.769. The number of hydrogen-bond acceptors (Lipinski definition) is 2. The molecule has 18 heavy (non-hydrogen) atoms. The zero-order valence-corrected chi connectivity index (χ0v) is 10.6. The number of ketones is 1. The standard InChI is InChI=1S/C14H17F2NO/c1-9(17(2)11-4-3-5-11)14(18)10-6-7-12(15)13(16)8-10/h6-9,11H,3-5H2,1-2H3. The van der Waals surface area contributed by atoms with Crippen LogP contribution in [0.15, 0.2) is 18.2 Å². The number of benzene rings is 1. The number of carbonyl (C=O) groups excluding carboxylic acids is 1. The first-order valence-corrected chi connectivity index (χ1v) is 6.22. The van der Waals surface area contributed by atoms with Gasteiger partial charge in [-0.1, -0.05) is 6.42 Å². The summed E-state index contributed by atoms with van der Waals surface area (Å²) in [4.78, 5) is 14.2. The second kappa shape index (κ2) is 5.14. The molecule has 0 aromatic heterocycles. The lowest BCUT2D eigenvalue weighted by Crippen LogP contribution is -2.46. The number of rotatable bonds is 4. The topological polar surface area (TPSA) is 20.3 Å². The molecule has 0 amide bonds. The van der Waals surface area contributed by atoms with E-state index >= 15 is 0 Å². The smallest absolute Gasteiger partial charge is 0.179 e. The van der Waals surface area contributed by atoms with Crippen molar-refractivity contribution in [3.8, 4) is 0 Å². The number of hydrogen-bond donors (Lipinski definition) is 0. The normalized spacial score (nSPS) is 17.6. The molecule has 1 aliphatic carbocycles. The van der Waals surface area contributed by atoms with Gasteiger partial charge >= 0.3 is 0 Å². The molecule has 0 spiro atoms. The Morgan fingerprint density at radius 3 is 2.50 bits per heavy atom. The molecule has 1 aromatic carbocycles. The van der Waals surface area contributed by atoms with Crippen molar-refractivity contribution in [2.24, 2.45) is 0 Å². The molecular weight excluding hydrogens is 236 g/mol. The van der Waals surface area contributed by atoms with Gasteiger partial charge in [0, 0.05) is 11.6 Å². The number of nitrogens with zero attached hydrogens (tertiary/aromatic N) is 1. The van der Waals surface area contributed by atoms with E-state index in [-0.39, 0.29) is 17.4 Å². The first-order chi connectivity index (χ1) is 8.50. The summed E-state index contributed by atoms with van der Waals surface area (Å²) in [6.45, 7) is 1.81. The second-order valence-corrected chi connectivity index (χ2v) is 4.92. The molecule has 1 fully saturated rings. The second-order valence-electron chi connectivity index (χ2n) is 4.92. The highest BCUT2D eigenvalue weighted by atomic mass is 19.2. The average Bonchev–Trinajstić information content (AvgIpc) is 2.28. The zero-order chi connectivity index (χ0) is 13.3. The zero-order valence-electron chi connectivity index (χ0n) is 10.6. The number of carbonyl (C=O) groups is 1. The van der Waals surface area contributed by atoms with Gasteiger partial charge in [0.25, 0.3) is 0 Å². The lowest BCUT2D eigenvalue weighted by atomic mass is 9.90. The maximum Gasteiger partial charge on any atom is 0.179 e. The molecule has 1 aromatic rings. The van der Waals surface area contributed by atoms with Crippen LogP contribution in [0.25, 0.3) is 0 Å². The van der Waals surface area contributed by atoms with E-state index < -0.39 is 11.6 Å². The van der Waals surface area contributed by atoms with Gasteiger partial charge < -0.3 is 0 Å². The molecule has 0 bridgehead atoms. The maximum atomic E-state index is 13.1. The van der Waals surface area contributed by atoms with Gasteiger partial charge in [0.05, 0.1) is 6.04 Å². The summed E-state index contributed by atoms with van der Waals surface area (Å²) in [5, 5.41) is 0. The van der Waals surface area contributed by atoms with Gasteiger partial charge in [-0.05, 0) is 45.0 Å². The molecule has 98 valence electrons. The lowest BCUT2D eigenvalue weighted by molar-refractivity contribution is 0.0723. The average molecular weight is 253 g/mol. The van der Waals surface area contributed by atoms with Gasteiger partial charge in [0.2, 0.25) is 0 Å². The van der Waals surface area contributed by atoms with E-state index in [1.54, 1.807) is 0 Å². The Bertz CT molecular complexity index is 457. The van der Waals surface area contributed by atoms with Crippen LogP contribution >= 0.6 is 0 Å². The molecule has 1 atom stereocenters. The summed E-state index contributed by atoms with van der Waals surface area (Å²) in [7, 11) is 1.91. The third-order valence-electron chi connectivity index (χ3n) is 3.85. The van der Waals surface area contributed by atoms with Crippen molar-refractivity contribution in [3.05, 3.63) is 35.4 Å². The molecule has 2 rings (SSSR count). The van der Waals surface area contributed by atoms with E-state index in [0.29, 0.717) is 6.04 Å². The van der Waals surface area contributed by atoms with Crippen molar-refractivity contribution >= 4 is 5.78 Å². The third kappa shape index (κ3) is 2.43. The molecular formula is C14H17F2NO. The van der Waals surface area contributed by atoms with Crippen molar-refractivity contribution in [1.82, 2.24) is 4.90 Å².